The van der Waals surface area contributed by atoms with Gasteiger partial charge in [-0.2, -0.15) is 0 Å². The quantitative estimate of drug-likeness (QED) is 0.707. The van der Waals surface area contributed by atoms with Crippen LogP contribution in [-0.4, -0.2) is 30.1 Å². The van der Waals surface area contributed by atoms with Crippen LogP contribution in [0.4, 0.5) is 5.69 Å². The molecule has 2 aromatic rings. The third kappa shape index (κ3) is 5.16. The summed E-state index contributed by atoms with van der Waals surface area (Å²) in [4.78, 5) is 24.2. The van der Waals surface area contributed by atoms with Crippen molar-refractivity contribution in [2.75, 3.05) is 18.5 Å². The van der Waals surface area contributed by atoms with Gasteiger partial charge in [0.1, 0.15) is 0 Å². The standard InChI is InChI=1S/C20H24N2O3/c1-14-7-6-10-18(15(14)2)22-20(25)19(24)21-13-17(11-12-23)16-8-4-3-5-9-16/h3-10,17,23H,11-13H2,1-2H3,(H,21,24)(H,22,25)/t17-/m1/s1. The molecule has 0 unspecified atom stereocenters. The van der Waals surface area contributed by atoms with E-state index in [0.29, 0.717) is 18.7 Å². The summed E-state index contributed by atoms with van der Waals surface area (Å²) >= 11 is 0. The molecule has 0 aliphatic heterocycles. The summed E-state index contributed by atoms with van der Waals surface area (Å²) in [5.74, 6) is -1.41. The van der Waals surface area contributed by atoms with Crippen LogP contribution in [0.25, 0.3) is 0 Å². The van der Waals surface area contributed by atoms with Gasteiger partial charge in [-0.1, -0.05) is 42.5 Å². The van der Waals surface area contributed by atoms with Crippen molar-refractivity contribution in [1.29, 1.82) is 0 Å². The van der Waals surface area contributed by atoms with E-state index in [2.05, 4.69) is 10.6 Å². The fraction of sp³-hybridized carbons (Fsp3) is 0.300. The monoisotopic (exact) mass is 340 g/mol. The fourth-order valence-corrected chi connectivity index (χ4v) is 2.63. The fourth-order valence-electron chi connectivity index (χ4n) is 2.63. The molecule has 0 spiro atoms. The molecule has 1 atom stereocenters. The van der Waals surface area contributed by atoms with Gasteiger partial charge in [-0.15, -0.1) is 0 Å². The highest BCUT2D eigenvalue weighted by Crippen LogP contribution is 2.19. The molecule has 3 N–H and O–H groups in total. The number of anilines is 1. The van der Waals surface area contributed by atoms with Crippen LogP contribution >= 0.6 is 0 Å². The second kappa shape index (κ2) is 8.99. The minimum Gasteiger partial charge on any atom is -0.396 e. The van der Waals surface area contributed by atoms with Crippen molar-refractivity contribution < 1.29 is 14.7 Å². The highest BCUT2D eigenvalue weighted by Gasteiger charge is 2.18. The topological polar surface area (TPSA) is 78.4 Å². The molecular formula is C20H24N2O3. The van der Waals surface area contributed by atoms with Crippen molar-refractivity contribution in [3.8, 4) is 0 Å². The summed E-state index contributed by atoms with van der Waals surface area (Å²) in [5, 5.41) is 14.5. The molecule has 2 aromatic carbocycles. The Balaban J connectivity index is 1.96. The summed E-state index contributed by atoms with van der Waals surface area (Å²) in [5.41, 5.74) is 3.64. The highest BCUT2D eigenvalue weighted by molar-refractivity contribution is 6.39. The van der Waals surface area contributed by atoms with Crippen LogP contribution in [0.3, 0.4) is 0 Å². The zero-order valence-corrected chi connectivity index (χ0v) is 14.6. The number of hydrogen-bond acceptors (Lipinski definition) is 3. The first-order valence-corrected chi connectivity index (χ1v) is 8.34. The Labute approximate surface area is 148 Å². The van der Waals surface area contributed by atoms with E-state index in [1.165, 1.54) is 0 Å². The van der Waals surface area contributed by atoms with Crippen LogP contribution in [0, 0.1) is 13.8 Å². The van der Waals surface area contributed by atoms with Gasteiger partial charge in [-0.3, -0.25) is 9.59 Å². The lowest BCUT2D eigenvalue weighted by Gasteiger charge is -2.17. The molecule has 2 amide bonds. The molecule has 0 aromatic heterocycles. The molecular weight excluding hydrogens is 316 g/mol. The molecule has 5 nitrogen and oxygen atoms in total. The molecule has 132 valence electrons. The van der Waals surface area contributed by atoms with Gasteiger partial charge in [0, 0.05) is 24.8 Å². The number of aryl methyl sites for hydroxylation is 1. The molecule has 0 saturated carbocycles. The maximum atomic E-state index is 12.1. The zero-order chi connectivity index (χ0) is 18.2. The summed E-state index contributed by atoms with van der Waals surface area (Å²) in [7, 11) is 0. The van der Waals surface area contributed by atoms with Gasteiger partial charge in [0.2, 0.25) is 0 Å². The van der Waals surface area contributed by atoms with Crippen molar-refractivity contribution in [3.05, 3.63) is 65.2 Å². The number of nitrogens with one attached hydrogen (secondary N) is 2. The van der Waals surface area contributed by atoms with E-state index in [1.54, 1.807) is 6.07 Å². The van der Waals surface area contributed by atoms with Crippen LogP contribution in [0.1, 0.15) is 29.0 Å². The number of aliphatic hydroxyl groups excluding tert-OH is 1. The van der Waals surface area contributed by atoms with Gasteiger partial charge in [0.05, 0.1) is 0 Å². The maximum Gasteiger partial charge on any atom is 0.313 e. The van der Waals surface area contributed by atoms with E-state index >= 15 is 0 Å². The van der Waals surface area contributed by atoms with Crippen molar-refractivity contribution in [2.24, 2.45) is 0 Å². The molecule has 0 heterocycles. The number of carbonyl (C=O) groups is 2. The van der Waals surface area contributed by atoms with E-state index in [-0.39, 0.29) is 12.5 Å². The molecule has 0 fully saturated rings. The summed E-state index contributed by atoms with van der Waals surface area (Å²) in [6, 6.07) is 15.2. The number of hydrogen-bond donors (Lipinski definition) is 3. The SMILES string of the molecule is Cc1cccc(NC(=O)C(=O)NC[C@@H](CCO)c2ccccc2)c1C. The van der Waals surface area contributed by atoms with Gasteiger partial charge in [-0.25, -0.2) is 0 Å². The largest absolute Gasteiger partial charge is 0.396 e. The van der Waals surface area contributed by atoms with Gasteiger partial charge in [0.15, 0.2) is 0 Å². The Morgan fingerprint density at radius 1 is 1.00 bits per heavy atom. The third-order valence-electron chi connectivity index (χ3n) is 4.32. The lowest BCUT2D eigenvalue weighted by molar-refractivity contribution is -0.136. The smallest absolute Gasteiger partial charge is 0.313 e. The van der Waals surface area contributed by atoms with Gasteiger partial charge < -0.3 is 15.7 Å². The predicted octanol–water partition coefficient (Wildman–Crippen LogP) is 2.52. The average Bonchev–Trinajstić information content (AvgIpc) is 2.63. The summed E-state index contributed by atoms with van der Waals surface area (Å²) < 4.78 is 0. The first-order valence-electron chi connectivity index (χ1n) is 8.34. The maximum absolute atomic E-state index is 12.1. The molecule has 0 radical (unpaired) electrons. The number of benzene rings is 2. The number of rotatable bonds is 6. The van der Waals surface area contributed by atoms with Crippen molar-refractivity contribution in [2.45, 2.75) is 26.2 Å². The molecule has 0 aliphatic carbocycles. The normalized spacial score (nSPS) is 11.6. The Morgan fingerprint density at radius 2 is 1.72 bits per heavy atom. The number of aliphatic hydroxyl groups is 1. The van der Waals surface area contributed by atoms with Gasteiger partial charge >= 0.3 is 11.8 Å². The van der Waals surface area contributed by atoms with Crippen LogP contribution in [-0.2, 0) is 9.59 Å². The molecule has 0 bridgehead atoms. The Hall–Kier alpha value is -2.66. The third-order valence-corrected chi connectivity index (χ3v) is 4.32. The zero-order valence-electron chi connectivity index (χ0n) is 14.6. The van der Waals surface area contributed by atoms with Crippen molar-refractivity contribution >= 4 is 17.5 Å². The highest BCUT2D eigenvalue weighted by atomic mass is 16.3. The van der Waals surface area contributed by atoms with Crippen LogP contribution in [0.15, 0.2) is 48.5 Å². The van der Waals surface area contributed by atoms with E-state index < -0.39 is 11.8 Å². The second-order valence-corrected chi connectivity index (χ2v) is 6.03. The minimum atomic E-state index is -0.690. The summed E-state index contributed by atoms with van der Waals surface area (Å²) in [6.45, 7) is 4.16. The Bertz CT molecular complexity index is 729. The molecule has 0 aliphatic rings. The van der Waals surface area contributed by atoms with Crippen LogP contribution in [0.5, 0.6) is 0 Å². The van der Waals surface area contributed by atoms with E-state index in [1.807, 2.05) is 56.3 Å². The first-order chi connectivity index (χ1) is 12.0. The van der Waals surface area contributed by atoms with E-state index in [0.717, 1.165) is 16.7 Å². The second-order valence-electron chi connectivity index (χ2n) is 6.03. The number of amides is 2. The van der Waals surface area contributed by atoms with Crippen molar-refractivity contribution in [1.82, 2.24) is 5.32 Å². The van der Waals surface area contributed by atoms with Crippen LogP contribution in [0.2, 0.25) is 0 Å². The minimum absolute atomic E-state index is 0.0180. The van der Waals surface area contributed by atoms with E-state index in [4.69, 9.17) is 0 Å². The number of carbonyl (C=O) groups excluding carboxylic acids is 2. The van der Waals surface area contributed by atoms with Gasteiger partial charge in [0.25, 0.3) is 0 Å². The molecule has 2 rings (SSSR count). The Morgan fingerprint density at radius 3 is 2.40 bits per heavy atom. The lowest BCUT2D eigenvalue weighted by atomic mass is 9.96. The van der Waals surface area contributed by atoms with Gasteiger partial charge in [-0.05, 0) is 43.0 Å². The van der Waals surface area contributed by atoms with Crippen molar-refractivity contribution in [3.63, 3.8) is 0 Å². The lowest BCUT2D eigenvalue weighted by Crippen LogP contribution is -2.38. The predicted molar refractivity (Wildman–Crippen MR) is 98.4 cm³/mol. The summed E-state index contributed by atoms with van der Waals surface area (Å²) in [6.07, 6.45) is 0.517. The molecule has 5 heteroatoms. The molecule has 25 heavy (non-hydrogen) atoms. The van der Waals surface area contributed by atoms with E-state index in [9.17, 15) is 14.7 Å². The Kier molecular flexibility index (Phi) is 6.71. The average molecular weight is 340 g/mol. The van der Waals surface area contributed by atoms with Crippen LogP contribution < -0.4 is 10.6 Å². The first kappa shape index (κ1) is 18.7. The molecule has 0 saturated heterocycles.